The van der Waals surface area contributed by atoms with Gasteiger partial charge in [0, 0.05) is 12.8 Å². The van der Waals surface area contributed by atoms with Gasteiger partial charge in [0.25, 0.3) is 0 Å². The lowest BCUT2D eigenvalue weighted by Crippen LogP contribution is -2.61. The molecule has 4 unspecified atom stereocenters. The van der Waals surface area contributed by atoms with Crippen LogP contribution in [0.25, 0.3) is 0 Å². The number of aliphatic hydroxyl groups excluding tert-OH is 7. The molecule has 0 radical (unpaired) electrons. The molecule has 0 aromatic rings. The summed E-state index contributed by atoms with van der Waals surface area (Å²) in [5, 5.41) is 72.1. The van der Waals surface area contributed by atoms with Crippen LogP contribution in [0.4, 0.5) is 0 Å². The van der Waals surface area contributed by atoms with Crippen LogP contribution in [0.1, 0.15) is 245 Å². The largest absolute Gasteiger partial charge is 0.462 e. The van der Waals surface area contributed by atoms with Gasteiger partial charge in [-0.1, -0.05) is 219 Å². The second kappa shape index (κ2) is 42.8. The number of hydrogen-bond donors (Lipinski definition) is 7. The van der Waals surface area contributed by atoms with E-state index in [4.69, 9.17) is 28.4 Å². The minimum atomic E-state index is -1.76. The van der Waals surface area contributed by atoms with Gasteiger partial charge >= 0.3 is 11.9 Å². The van der Waals surface area contributed by atoms with E-state index >= 15 is 0 Å². The van der Waals surface area contributed by atoms with E-state index in [2.05, 4.69) is 13.8 Å². The van der Waals surface area contributed by atoms with Crippen molar-refractivity contribution in [2.45, 2.75) is 313 Å². The molecule has 2 fully saturated rings. The summed E-state index contributed by atoms with van der Waals surface area (Å²) in [6.45, 7) is 2.63. The van der Waals surface area contributed by atoms with Crippen molar-refractivity contribution in [2.75, 3.05) is 26.4 Å². The maximum Gasteiger partial charge on any atom is 0.306 e. The average molecular weight is 1010 g/mol. The molecule has 0 saturated carbocycles. The number of rotatable bonds is 46. The molecule has 2 heterocycles. The Balaban J connectivity index is 1.70. The fourth-order valence-corrected chi connectivity index (χ4v) is 9.40. The predicted octanol–water partition coefficient (Wildman–Crippen LogP) is 9.17. The third-order valence-electron chi connectivity index (χ3n) is 14.1. The number of carbonyl (C=O) groups excluding carboxylic acids is 2. The molecular formula is C55H104O15. The van der Waals surface area contributed by atoms with E-state index in [1.54, 1.807) is 0 Å². The Bertz CT molecular complexity index is 1230. The summed E-state index contributed by atoms with van der Waals surface area (Å²) >= 11 is 0. The first-order valence-corrected chi connectivity index (χ1v) is 28.6. The van der Waals surface area contributed by atoms with E-state index < -0.39 is 92.7 Å². The van der Waals surface area contributed by atoms with Crippen LogP contribution in [-0.4, -0.2) is 142 Å². The molecule has 0 aromatic carbocycles. The standard InChI is InChI=1S/C55H104O15/c1-3-5-7-9-11-13-15-16-17-18-19-20-21-22-23-24-25-26-28-29-31-33-35-37-46(57)65-40-43(68-47(58)38-36-34-32-30-27-14-12-10-8-6-4-2)41-66-54-53(64)51(62)49(60)45(70-54)42-67-55-52(63)50(61)48(59)44(39-56)69-55/h43-45,48-56,59-64H,3-42H2,1-2H3/t43-,44+,45+,48-,49-,50?,51?,52?,53?,54+,55+/m0/s1. The van der Waals surface area contributed by atoms with Crippen LogP contribution in [0, 0.1) is 0 Å². The first kappa shape index (κ1) is 64.6. The van der Waals surface area contributed by atoms with Crippen molar-refractivity contribution in [2.24, 2.45) is 0 Å². The lowest BCUT2D eigenvalue weighted by atomic mass is 9.98. The summed E-state index contributed by atoms with van der Waals surface area (Å²) in [5.74, 6) is -0.908. The molecule has 0 spiro atoms. The van der Waals surface area contributed by atoms with Crippen LogP contribution in [0.2, 0.25) is 0 Å². The monoisotopic (exact) mass is 1000 g/mol. The van der Waals surface area contributed by atoms with Gasteiger partial charge in [-0.05, 0) is 12.8 Å². The maximum absolute atomic E-state index is 13.0. The number of aliphatic hydroxyl groups is 7. The van der Waals surface area contributed by atoms with Gasteiger partial charge in [0.1, 0.15) is 55.4 Å². The molecule has 0 amide bonds. The van der Waals surface area contributed by atoms with Crippen LogP contribution in [0.15, 0.2) is 0 Å². The van der Waals surface area contributed by atoms with Crippen molar-refractivity contribution in [1.29, 1.82) is 0 Å². The Hall–Kier alpha value is -1.50. The normalized spacial score (nSPS) is 25.3. The Morgan fingerprint density at radius 1 is 0.400 bits per heavy atom. The molecule has 7 N–H and O–H groups in total. The molecule has 2 aliphatic rings. The smallest absolute Gasteiger partial charge is 0.306 e. The highest BCUT2D eigenvalue weighted by Crippen LogP contribution is 2.27. The quantitative estimate of drug-likeness (QED) is 0.0223. The number of esters is 2. The summed E-state index contributed by atoms with van der Waals surface area (Å²) < 4.78 is 33.6. The number of carbonyl (C=O) groups is 2. The molecule has 0 aromatic heterocycles. The van der Waals surface area contributed by atoms with Crippen LogP contribution < -0.4 is 0 Å². The molecule has 15 nitrogen and oxygen atoms in total. The van der Waals surface area contributed by atoms with Gasteiger partial charge in [0.15, 0.2) is 18.7 Å². The van der Waals surface area contributed by atoms with Crippen molar-refractivity contribution in [3.8, 4) is 0 Å². The third-order valence-corrected chi connectivity index (χ3v) is 14.1. The van der Waals surface area contributed by atoms with E-state index in [0.29, 0.717) is 12.8 Å². The Labute approximate surface area is 423 Å². The van der Waals surface area contributed by atoms with E-state index in [0.717, 1.165) is 38.5 Å². The zero-order valence-corrected chi connectivity index (χ0v) is 44.0. The Morgan fingerprint density at radius 2 is 0.729 bits per heavy atom. The van der Waals surface area contributed by atoms with Gasteiger partial charge in [0.05, 0.1) is 19.8 Å². The number of unbranched alkanes of at least 4 members (excludes halogenated alkanes) is 32. The van der Waals surface area contributed by atoms with Crippen LogP contribution >= 0.6 is 0 Å². The molecule has 2 aliphatic heterocycles. The van der Waals surface area contributed by atoms with Crippen LogP contribution in [-0.2, 0) is 38.0 Å². The SMILES string of the molecule is CCCCCCCCCCCCCCCCCCCCCCCCCC(=O)OC[C@@H](CO[C@@H]1O[C@H](CO[C@@H]2O[C@H](CO)[C@H](O)C(O)C2O)[C@H](O)C(O)C1O)OC(=O)CCCCCCCCCCCCC. The van der Waals surface area contributed by atoms with Crippen molar-refractivity contribution in [1.82, 2.24) is 0 Å². The Morgan fingerprint density at radius 3 is 1.11 bits per heavy atom. The molecule has 15 heteroatoms. The molecular weight excluding hydrogens is 901 g/mol. The Kier molecular flexibility index (Phi) is 39.5. The first-order chi connectivity index (χ1) is 34.0. The number of ether oxygens (including phenoxy) is 6. The summed E-state index contributed by atoms with van der Waals surface area (Å²) in [6.07, 6.45) is 25.7. The van der Waals surface area contributed by atoms with Crippen molar-refractivity contribution < 1.29 is 73.8 Å². The highest BCUT2D eigenvalue weighted by molar-refractivity contribution is 5.70. The lowest BCUT2D eigenvalue weighted by molar-refractivity contribution is -0.332. The van der Waals surface area contributed by atoms with Gasteiger partial charge in [-0.3, -0.25) is 9.59 Å². The summed E-state index contributed by atoms with van der Waals surface area (Å²) in [4.78, 5) is 25.8. The fraction of sp³-hybridized carbons (Fsp3) is 0.964. The number of hydrogen-bond acceptors (Lipinski definition) is 15. The van der Waals surface area contributed by atoms with Gasteiger partial charge in [0.2, 0.25) is 0 Å². The third kappa shape index (κ3) is 30.0. The van der Waals surface area contributed by atoms with E-state index in [9.17, 15) is 45.3 Å². The lowest BCUT2D eigenvalue weighted by Gasteiger charge is -2.42. The zero-order chi connectivity index (χ0) is 51.0. The first-order valence-electron chi connectivity index (χ1n) is 28.6. The average Bonchev–Trinajstić information content (AvgIpc) is 3.35. The summed E-state index contributed by atoms with van der Waals surface area (Å²) in [6, 6.07) is 0. The van der Waals surface area contributed by atoms with Gasteiger partial charge in [-0.15, -0.1) is 0 Å². The predicted molar refractivity (Wildman–Crippen MR) is 271 cm³/mol. The molecule has 11 atom stereocenters. The molecule has 0 aliphatic carbocycles. The molecule has 2 saturated heterocycles. The molecule has 70 heavy (non-hydrogen) atoms. The topological polar surface area (TPSA) is 231 Å². The fourth-order valence-electron chi connectivity index (χ4n) is 9.40. The van der Waals surface area contributed by atoms with E-state index in [1.165, 1.54) is 167 Å². The van der Waals surface area contributed by atoms with Crippen molar-refractivity contribution in [3.63, 3.8) is 0 Å². The van der Waals surface area contributed by atoms with Gasteiger partial charge < -0.3 is 64.2 Å². The molecule has 414 valence electrons. The van der Waals surface area contributed by atoms with Crippen LogP contribution in [0.3, 0.4) is 0 Å². The van der Waals surface area contributed by atoms with Crippen LogP contribution in [0.5, 0.6) is 0 Å². The van der Waals surface area contributed by atoms with Gasteiger partial charge in [-0.2, -0.15) is 0 Å². The second-order valence-electron chi connectivity index (χ2n) is 20.5. The summed E-state index contributed by atoms with van der Waals surface area (Å²) in [5.41, 5.74) is 0. The highest BCUT2D eigenvalue weighted by Gasteiger charge is 2.47. The van der Waals surface area contributed by atoms with E-state index in [-0.39, 0.29) is 26.1 Å². The summed E-state index contributed by atoms with van der Waals surface area (Å²) in [7, 11) is 0. The minimum absolute atomic E-state index is 0.172. The van der Waals surface area contributed by atoms with Crippen molar-refractivity contribution >= 4 is 11.9 Å². The minimum Gasteiger partial charge on any atom is -0.462 e. The second-order valence-corrected chi connectivity index (χ2v) is 20.5. The van der Waals surface area contributed by atoms with Crippen molar-refractivity contribution in [3.05, 3.63) is 0 Å². The van der Waals surface area contributed by atoms with Gasteiger partial charge in [-0.25, -0.2) is 0 Å². The highest BCUT2D eigenvalue weighted by atomic mass is 16.7. The van der Waals surface area contributed by atoms with E-state index in [1.807, 2.05) is 0 Å². The molecule has 0 bridgehead atoms. The zero-order valence-electron chi connectivity index (χ0n) is 44.0. The maximum atomic E-state index is 13.0. The molecule has 2 rings (SSSR count).